The molecule has 0 saturated heterocycles. The lowest BCUT2D eigenvalue weighted by Gasteiger charge is -2.23. The molecule has 0 bridgehead atoms. The maximum Gasteiger partial charge on any atom is 0.309 e. The van der Waals surface area contributed by atoms with E-state index in [1.165, 1.54) is 0 Å². The van der Waals surface area contributed by atoms with Crippen LogP contribution in [0.5, 0.6) is 0 Å². The molecule has 17 heavy (non-hydrogen) atoms. The van der Waals surface area contributed by atoms with E-state index in [-0.39, 0.29) is 18.4 Å². The van der Waals surface area contributed by atoms with Gasteiger partial charge in [-0.1, -0.05) is 13.8 Å². The van der Waals surface area contributed by atoms with E-state index in [0.717, 1.165) is 12.8 Å². The van der Waals surface area contributed by atoms with Gasteiger partial charge in [-0.3, -0.25) is 9.59 Å². The molecule has 1 saturated carbocycles. The highest BCUT2D eigenvalue weighted by Gasteiger charge is 2.34. The zero-order valence-electron chi connectivity index (χ0n) is 11.1. The second-order valence-corrected chi connectivity index (χ2v) is 5.95. The van der Waals surface area contributed by atoms with Crippen molar-refractivity contribution >= 4 is 11.9 Å². The second-order valence-electron chi connectivity index (χ2n) is 5.95. The average molecular weight is 241 g/mol. The first kappa shape index (κ1) is 14.0. The molecule has 4 heteroatoms. The van der Waals surface area contributed by atoms with Crippen molar-refractivity contribution in [1.82, 2.24) is 5.32 Å². The minimum Gasteiger partial charge on any atom is -0.481 e. The van der Waals surface area contributed by atoms with Crippen LogP contribution in [0.4, 0.5) is 0 Å². The molecule has 0 heterocycles. The van der Waals surface area contributed by atoms with E-state index in [1.54, 1.807) is 13.8 Å². The predicted octanol–water partition coefficient (Wildman–Crippen LogP) is 2.04. The highest BCUT2D eigenvalue weighted by molar-refractivity contribution is 5.84. The molecule has 1 amide bonds. The SMILES string of the molecule is CC1CCC(NC(=O)CC(C)(C)C(=O)O)C1C. The van der Waals surface area contributed by atoms with Crippen LogP contribution in [0, 0.1) is 17.3 Å². The molecule has 4 nitrogen and oxygen atoms in total. The number of carboxylic acid groups (broad SMARTS) is 1. The monoisotopic (exact) mass is 241 g/mol. The van der Waals surface area contributed by atoms with E-state index < -0.39 is 11.4 Å². The smallest absolute Gasteiger partial charge is 0.309 e. The van der Waals surface area contributed by atoms with Crippen molar-refractivity contribution in [1.29, 1.82) is 0 Å². The highest BCUT2D eigenvalue weighted by Crippen LogP contribution is 2.31. The molecule has 3 unspecified atom stereocenters. The van der Waals surface area contributed by atoms with E-state index in [2.05, 4.69) is 19.2 Å². The summed E-state index contributed by atoms with van der Waals surface area (Å²) in [5.41, 5.74) is -0.989. The summed E-state index contributed by atoms with van der Waals surface area (Å²) in [6.07, 6.45) is 2.18. The Balaban J connectivity index is 2.48. The molecule has 0 aromatic carbocycles. The van der Waals surface area contributed by atoms with Gasteiger partial charge in [-0.25, -0.2) is 0 Å². The fraction of sp³-hybridized carbons (Fsp3) is 0.846. The standard InChI is InChI=1S/C13H23NO3/c1-8-5-6-10(9(8)2)14-11(15)7-13(3,4)12(16)17/h8-10H,5-7H2,1-4H3,(H,14,15)(H,16,17). The molecule has 98 valence electrons. The van der Waals surface area contributed by atoms with Crippen molar-refractivity contribution in [3.8, 4) is 0 Å². The number of rotatable bonds is 4. The largest absolute Gasteiger partial charge is 0.481 e. The number of carbonyl (C=O) groups excluding carboxylic acids is 1. The molecule has 1 aliphatic carbocycles. The Bertz CT molecular complexity index is 312. The predicted molar refractivity (Wildman–Crippen MR) is 65.5 cm³/mol. The van der Waals surface area contributed by atoms with Crippen molar-refractivity contribution in [2.24, 2.45) is 17.3 Å². The minimum absolute atomic E-state index is 0.0416. The van der Waals surface area contributed by atoms with Crippen LogP contribution in [0.3, 0.4) is 0 Å². The summed E-state index contributed by atoms with van der Waals surface area (Å²) < 4.78 is 0. The molecular weight excluding hydrogens is 218 g/mol. The summed E-state index contributed by atoms with van der Waals surface area (Å²) in [6.45, 7) is 7.49. The molecule has 0 aliphatic heterocycles. The van der Waals surface area contributed by atoms with Gasteiger partial charge in [0.15, 0.2) is 0 Å². The lowest BCUT2D eigenvalue weighted by atomic mass is 9.89. The Morgan fingerprint density at radius 3 is 2.29 bits per heavy atom. The average Bonchev–Trinajstić information content (AvgIpc) is 2.48. The number of nitrogens with one attached hydrogen (secondary N) is 1. The second kappa shape index (κ2) is 5.07. The normalized spacial score (nSPS) is 29.1. The molecule has 3 atom stereocenters. The Hall–Kier alpha value is -1.06. The number of hydrogen-bond donors (Lipinski definition) is 2. The fourth-order valence-electron chi connectivity index (χ4n) is 2.30. The summed E-state index contributed by atoms with van der Waals surface area (Å²) in [6, 6.07) is 0.210. The number of carbonyl (C=O) groups is 2. The zero-order chi connectivity index (χ0) is 13.2. The van der Waals surface area contributed by atoms with Crippen LogP contribution < -0.4 is 5.32 Å². The molecule has 1 rings (SSSR count). The topological polar surface area (TPSA) is 66.4 Å². The van der Waals surface area contributed by atoms with Gasteiger partial charge in [0.1, 0.15) is 0 Å². The maximum absolute atomic E-state index is 11.8. The Labute approximate surface area is 103 Å². The van der Waals surface area contributed by atoms with Gasteiger partial charge in [-0.05, 0) is 38.5 Å². The van der Waals surface area contributed by atoms with Gasteiger partial charge in [0.2, 0.25) is 5.91 Å². The Kier molecular flexibility index (Phi) is 4.17. The van der Waals surface area contributed by atoms with E-state index in [9.17, 15) is 9.59 Å². The van der Waals surface area contributed by atoms with Crippen molar-refractivity contribution < 1.29 is 14.7 Å². The fourth-order valence-corrected chi connectivity index (χ4v) is 2.30. The van der Waals surface area contributed by atoms with Gasteiger partial charge < -0.3 is 10.4 Å². The number of carboxylic acids is 1. The summed E-state index contributed by atoms with van der Waals surface area (Å²) in [5.74, 6) is 0.0310. The molecule has 2 N–H and O–H groups in total. The minimum atomic E-state index is -0.989. The van der Waals surface area contributed by atoms with Crippen molar-refractivity contribution in [3.63, 3.8) is 0 Å². The summed E-state index contributed by atoms with van der Waals surface area (Å²) >= 11 is 0. The van der Waals surface area contributed by atoms with Crippen LogP contribution in [-0.4, -0.2) is 23.0 Å². The first-order chi connectivity index (χ1) is 7.74. The lowest BCUT2D eigenvalue weighted by molar-refractivity contribution is -0.149. The van der Waals surface area contributed by atoms with Crippen LogP contribution in [0.2, 0.25) is 0 Å². The lowest BCUT2D eigenvalue weighted by Crippen LogP contribution is -2.40. The third-order valence-electron chi connectivity index (χ3n) is 3.99. The van der Waals surface area contributed by atoms with Gasteiger partial charge in [0.05, 0.1) is 5.41 Å². The van der Waals surface area contributed by atoms with Crippen LogP contribution in [0.1, 0.15) is 47.0 Å². The Morgan fingerprint density at radius 1 is 1.29 bits per heavy atom. The molecular formula is C13H23NO3. The zero-order valence-corrected chi connectivity index (χ0v) is 11.1. The molecule has 0 radical (unpaired) electrons. The molecule has 0 aromatic heterocycles. The molecule has 1 aliphatic rings. The number of hydrogen-bond acceptors (Lipinski definition) is 2. The van der Waals surface area contributed by atoms with Crippen molar-refractivity contribution in [3.05, 3.63) is 0 Å². The van der Waals surface area contributed by atoms with Crippen molar-refractivity contribution in [2.45, 2.75) is 53.0 Å². The van der Waals surface area contributed by atoms with Crippen LogP contribution in [0.15, 0.2) is 0 Å². The molecule has 0 aromatic rings. The van der Waals surface area contributed by atoms with E-state index in [4.69, 9.17) is 5.11 Å². The number of aliphatic carboxylic acids is 1. The van der Waals surface area contributed by atoms with Gasteiger partial charge in [-0.2, -0.15) is 0 Å². The van der Waals surface area contributed by atoms with Gasteiger partial charge in [0, 0.05) is 12.5 Å². The summed E-state index contributed by atoms with van der Waals surface area (Å²) in [5, 5.41) is 11.9. The highest BCUT2D eigenvalue weighted by atomic mass is 16.4. The van der Waals surface area contributed by atoms with Crippen molar-refractivity contribution in [2.75, 3.05) is 0 Å². The third kappa shape index (κ3) is 3.45. The first-order valence-electron chi connectivity index (χ1n) is 6.27. The van der Waals surface area contributed by atoms with Gasteiger partial charge in [-0.15, -0.1) is 0 Å². The quantitative estimate of drug-likeness (QED) is 0.791. The van der Waals surface area contributed by atoms with Crippen LogP contribution in [-0.2, 0) is 9.59 Å². The third-order valence-corrected chi connectivity index (χ3v) is 3.99. The summed E-state index contributed by atoms with van der Waals surface area (Å²) in [7, 11) is 0. The van der Waals surface area contributed by atoms with E-state index >= 15 is 0 Å². The number of amides is 1. The maximum atomic E-state index is 11.8. The van der Waals surface area contributed by atoms with Gasteiger partial charge in [0.25, 0.3) is 0 Å². The van der Waals surface area contributed by atoms with Crippen LogP contribution in [0.25, 0.3) is 0 Å². The summed E-state index contributed by atoms with van der Waals surface area (Å²) in [4.78, 5) is 22.7. The molecule has 0 spiro atoms. The molecule has 1 fully saturated rings. The van der Waals surface area contributed by atoms with E-state index in [1.807, 2.05) is 0 Å². The van der Waals surface area contributed by atoms with Gasteiger partial charge >= 0.3 is 5.97 Å². The Morgan fingerprint density at radius 2 is 1.88 bits per heavy atom. The van der Waals surface area contributed by atoms with Crippen LogP contribution >= 0.6 is 0 Å². The van der Waals surface area contributed by atoms with E-state index in [0.29, 0.717) is 11.8 Å². The first-order valence-corrected chi connectivity index (χ1v) is 6.27.